The van der Waals surface area contributed by atoms with Gasteiger partial charge in [0.15, 0.2) is 0 Å². The normalized spacial score (nSPS) is 15.3. The first kappa shape index (κ1) is 22.0. The van der Waals surface area contributed by atoms with Crippen molar-refractivity contribution >= 4 is 12.0 Å². The zero-order chi connectivity index (χ0) is 21.1. The molecular formula is C21H33N3O4. The number of carbonyl (C=O) groups excluding carboxylic acids is 2. The first-order chi connectivity index (χ1) is 13.0. The zero-order valence-electron chi connectivity index (χ0n) is 18.2. The van der Waals surface area contributed by atoms with E-state index in [1.165, 1.54) is 0 Å². The van der Waals surface area contributed by atoms with E-state index in [9.17, 15) is 9.59 Å². The number of hydrogen-bond donors (Lipinski definition) is 0. The van der Waals surface area contributed by atoms with Gasteiger partial charge in [0.1, 0.15) is 11.4 Å². The molecule has 1 fully saturated rings. The van der Waals surface area contributed by atoms with Crippen LogP contribution in [0.5, 0.6) is 5.75 Å². The number of methoxy groups -OCH3 is 1. The third-order valence-corrected chi connectivity index (χ3v) is 5.01. The van der Waals surface area contributed by atoms with Crippen molar-refractivity contribution in [1.29, 1.82) is 0 Å². The van der Waals surface area contributed by atoms with Gasteiger partial charge in [0, 0.05) is 43.4 Å². The van der Waals surface area contributed by atoms with Crippen molar-refractivity contribution in [1.82, 2.24) is 14.8 Å². The topological polar surface area (TPSA) is 72.0 Å². The van der Waals surface area contributed by atoms with E-state index in [1.54, 1.807) is 30.2 Å². The highest BCUT2D eigenvalue weighted by Gasteiger charge is 2.31. The Hall–Kier alpha value is -2.31. The summed E-state index contributed by atoms with van der Waals surface area (Å²) in [5.74, 6) is 0.817. The molecule has 156 valence electrons. The summed E-state index contributed by atoms with van der Waals surface area (Å²) in [7, 11) is 3.45. The van der Waals surface area contributed by atoms with E-state index in [-0.39, 0.29) is 17.9 Å². The minimum atomic E-state index is -0.510. The van der Waals surface area contributed by atoms with Crippen LogP contribution >= 0.6 is 0 Å². The van der Waals surface area contributed by atoms with Crippen LogP contribution in [0.2, 0.25) is 0 Å². The summed E-state index contributed by atoms with van der Waals surface area (Å²) < 4.78 is 10.9. The molecule has 2 heterocycles. The van der Waals surface area contributed by atoms with Crippen molar-refractivity contribution in [2.45, 2.75) is 59.6 Å². The Morgan fingerprint density at radius 2 is 1.86 bits per heavy atom. The molecular weight excluding hydrogens is 358 g/mol. The average molecular weight is 392 g/mol. The maximum absolute atomic E-state index is 12.9. The second kappa shape index (κ2) is 8.80. The lowest BCUT2D eigenvalue weighted by Crippen LogP contribution is -2.45. The number of aryl methyl sites for hydroxylation is 1. The van der Waals surface area contributed by atoms with E-state index in [0.717, 1.165) is 22.6 Å². The molecule has 1 aromatic heterocycles. The Kier molecular flexibility index (Phi) is 6.91. The van der Waals surface area contributed by atoms with E-state index < -0.39 is 5.60 Å². The van der Waals surface area contributed by atoms with Crippen LogP contribution in [0.4, 0.5) is 4.79 Å². The second-order valence-electron chi connectivity index (χ2n) is 8.48. The van der Waals surface area contributed by atoms with Crippen LogP contribution in [0.1, 0.15) is 50.4 Å². The molecule has 1 aliphatic heterocycles. The Balaban J connectivity index is 1.94. The predicted octanol–water partition coefficient (Wildman–Crippen LogP) is 3.31. The molecule has 7 nitrogen and oxygen atoms in total. The minimum absolute atomic E-state index is 0.0867. The van der Waals surface area contributed by atoms with Gasteiger partial charge in [-0.3, -0.25) is 9.78 Å². The summed E-state index contributed by atoms with van der Waals surface area (Å²) in [6.07, 6.45) is 2.76. The quantitative estimate of drug-likeness (QED) is 0.787. The molecule has 0 unspecified atom stereocenters. The van der Waals surface area contributed by atoms with Gasteiger partial charge >= 0.3 is 6.09 Å². The standard InChI is InChI=1S/C21H33N3O4/c1-14-12-22-17(15(2)18(14)27-7)13-23(6)19(25)16-8-10-24(11-9-16)20(26)28-21(3,4)5/h12,16H,8-11,13H2,1-7H3. The van der Waals surface area contributed by atoms with Gasteiger partial charge < -0.3 is 19.3 Å². The minimum Gasteiger partial charge on any atom is -0.496 e. The predicted molar refractivity (Wildman–Crippen MR) is 107 cm³/mol. The molecule has 0 spiro atoms. The maximum Gasteiger partial charge on any atom is 0.410 e. The molecule has 0 saturated carbocycles. The summed E-state index contributed by atoms with van der Waals surface area (Å²) in [4.78, 5) is 32.9. The lowest BCUT2D eigenvalue weighted by molar-refractivity contribution is -0.136. The highest BCUT2D eigenvalue weighted by Crippen LogP contribution is 2.26. The van der Waals surface area contributed by atoms with Gasteiger partial charge in [0.2, 0.25) is 5.91 Å². The number of piperidine rings is 1. The Bertz CT molecular complexity index is 719. The summed E-state index contributed by atoms with van der Waals surface area (Å²) >= 11 is 0. The van der Waals surface area contributed by atoms with Crippen LogP contribution in [0, 0.1) is 19.8 Å². The maximum atomic E-state index is 12.9. The Morgan fingerprint density at radius 3 is 2.39 bits per heavy atom. The van der Waals surface area contributed by atoms with Crippen molar-refractivity contribution in [2.75, 3.05) is 27.2 Å². The third-order valence-electron chi connectivity index (χ3n) is 5.01. The number of likely N-dealkylation sites (tertiary alicyclic amines) is 1. The smallest absolute Gasteiger partial charge is 0.410 e. The molecule has 0 aromatic carbocycles. The summed E-state index contributed by atoms with van der Waals surface area (Å²) in [6.45, 7) is 11.0. The molecule has 28 heavy (non-hydrogen) atoms. The molecule has 0 atom stereocenters. The van der Waals surface area contributed by atoms with E-state index >= 15 is 0 Å². The number of amides is 2. The van der Waals surface area contributed by atoms with Gasteiger partial charge in [-0.25, -0.2) is 4.79 Å². The number of nitrogens with zero attached hydrogens (tertiary/aromatic N) is 3. The number of pyridine rings is 1. The van der Waals surface area contributed by atoms with E-state index in [4.69, 9.17) is 9.47 Å². The van der Waals surface area contributed by atoms with Crippen molar-refractivity contribution in [3.05, 3.63) is 23.0 Å². The lowest BCUT2D eigenvalue weighted by Gasteiger charge is -2.34. The monoisotopic (exact) mass is 391 g/mol. The van der Waals surface area contributed by atoms with Gasteiger partial charge in [-0.2, -0.15) is 0 Å². The van der Waals surface area contributed by atoms with Crippen LogP contribution < -0.4 is 4.74 Å². The van der Waals surface area contributed by atoms with Crippen LogP contribution in [0.25, 0.3) is 0 Å². The number of rotatable bonds is 4. The van der Waals surface area contributed by atoms with Crippen molar-refractivity contribution in [2.24, 2.45) is 5.92 Å². The summed E-state index contributed by atoms with van der Waals surface area (Å²) in [6, 6.07) is 0. The fourth-order valence-electron chi connectivity index (χ4n) is 3.48. The van der Waals surface area contributed by atoms with E-state index in [1.807, 2.05) is 34.6 Å². The van der Waals surface area contributed by atoms with Crippen LogP contribution in [0.3, 0.4) is 0 Å². The molecule has 0 bridgehead atoms. The first-order valence-electron chi connectivity index (χ1n) is 9.75. The van der Waals surface area contributed by atoms with Gasteiger partial charge in [-0.05, 0) is 47.5 Å². The fourth-order valence-corrected chi connectivity index (χ4v) is 3.48. The second-order valence-corrected chi connectivity index (χ2v) is 8.48. The van der Waals surface area contributed by atoms with Gasteiger partial charge in [0.25, 0.3) is 0 Å². The first-order valence-corrected chi connectivity index (χ1v) is 9.75. The SMILES string of the molecule is COc1c(C)cnc(CN(C)C(=O)C2CCN(C(=O)OC(C)(C)C)CC2)c1C. The van der Waals surface area contributed by atoms with Crippen LogP contribution in [-0.2, 0) is 16.1 Å². The van der Waals surface area contributed by atoms with E-state index in [2.05, 4.69) is 4.98 Å². The molecule has 0 aliphatic carbocycles. The van der Waals surface area contributed by atoms with Gasteiger partial charge in [-0.1, -0.05) is 0 Å². The van der Waals surface area contributed by atoms with Crippen LogP contribution in [0.15, 0.2) is 6.20 Å². The Labute approximate surface area is 168 Å². The number of hydrogen-bond acceptors (Lipinski definition) is 5. The number of carbonyl (C=O) groups is 2. The highest BCUT2D eigenvalue weighted by molar-refractivity contribution is 5.79. The molecule has 1 aromatic rings. The molecule has 2 amide bonds. The molecule has 1 saturated heterocycles. The largest absolute Gasteiger partial charge is 0.496 e. The fraction of sp³-hybridized carbons (Fsp3) is 0.667. The van der Waals surface area contributed by atoms with Crippen molar-refractivity contribution < 1.29 is 19.1 Å². The molecule has 0 N–H and O–H groups in total. The van der Waals surface area contributed by atoms with Gasteiger partial charge in [0.05, 0.1) is 19.3 Å². The summed E-state index contributed by atoms with van der Waals surface area (Å²) in [5.41, 5.74) is 2.27. The van der Waals surface area contributed by atoms with E-state index in [0.29, 0.717) is 32.5 Å². The van der Waals surface area contributed by atoms with Crippen molar-refractivity contribution in [3.8, 4) is 5.75 Å². The number of aromatic nitrogens is 1. The third kappa shape index (κ3) is 5.36. The molecule has 2 rings (SSSR count). The molecule has 7 heteroatoms. The highest BCUT2D eigenvalue weighted by atomic mass is 16.6. The summed E-state index contributed by atoms with van der Waals surface area (Å²) in [5, 5.41) is 0. The van der Waals surface area contributed by atoms with Crippen LogP contribution in [-0.4, -0.2) is 59.6 Å². The number of ether oxygens (including phenoxy) is 2. The van der Waals surface area contributed by atoms with Crippen molar-refractivity contribution in [3.63, 3.8) is 0 Å². The lowest BCUT2D eigenvalue weighted by atomic mass is 9.95. The zero-order valence-corrected chi connectivity index (χ0v) is 18.2. The van der Waals surface area contributed by atoms with Gasteiger partial charge in [-0.15, -0.1) is 0 Å². The molecule has 0 radical (unpaired) electrons. The average Bonchev–Trinajstić information content (AvgIpc) is 2.62. The molecule has 1 aliphatic rings. The Morgan fingerprint density at radius 1 is 1.25 bits per heavy atom.